The minimum atomic E-state index is -4.39. The Morgan fingerprint density at radius 1 is 0.508 bits per heavy atom. The monoisotopic (exact) mass is 876 g/mol. The molecule has 0 aromatic heterocycles. The van der Waals surface area contributed by atoms with Crippen molar-refractivity contribution < 1.29 is 37.6 Å². The van der Waals surface area contributed by atoms with E-state index in [2.05, 4.69) is 86.8 Å². The van der Waals surface area contributed by atoms with Crippen LogP contribution in [-0.2, 0) is 32.7 Å². The molecule has 0 aliphatic heterocycles. The molecular weight excluding hydrogens is 786 g/mol. The SMILES string of the molecule is CC/C=C\C/C=C\C/C=C\C/C=C\CCCCCCC(=O)OC(COC(=O)CCCCCCCCCCCCC/C=C\C/C=C\CCCCCCC)COP(=O)(O)OCCN. The molecule has 2 unspecified atom stereocenters. The molecule has 0 aromatic rings. The van der Waals surface area contributed by atoms with E-state index in [1.54, 1.807) is 0 Å². The second kappa shape index (κ2) is 46.9. The lowest BCUT2D eigenvalue weighted by atomic mass is 10.0. The second-order valence-corrected chi connectivity index (χ2v) is 17.4. The molecule has 0 heterocycles. The highest BCUT2D eigenvalue weighted by molar-refractivity contribution is 7.47. The summed E-state index contributed by atoms with van der Waals surface area (Å²) >= 11 is 0. The summed E-state index contributed by atoms with van der Waals surface area (Å²) in [6, 6.07) is 0. The lowest BCUT2D eigenvalue weighted by Crippen LogP contribution is -2.29. The average Bonchev–Trinajstić information content (AvgIpc) is 3.25. The Morgan fingerprint density at radius 3 is 1.34 bits per heavy atom. The third-order valence-corrected chi connectivity index (χ3v) is 11.1. The van der Waals surface area contributed by atoms with Gasteiger partial charge in [-0.25, -0.2) is 4.57 Å². The number of esters is 2. The van der Waals surface area contributed by atoms with Crippen LogP contribution < -0.4 is 5.73 Å². The highest BCUT2D eigenvalue weighted by atomic mass is 31.2. The molecule has 61 heavy (non-hydrogen) atoms. The molecule has 3 N–H and O–H groups in total. The fourth-order valence-corrected chi connectivity index (χ4v) is 7.24. The predicted octanol–water partition coefficient (Wildman–Crippen LogP) is 14.6. The van der Waals surface area contributed by atoms with Gasteiger partial charge in [0, 0.05) is 19.4 Å². The number of phosphoric acid groups is 1. The van der Waals surface area contributed by atoms with E-state index in [0.29, 0.717) is 6.42 Å². The van der Waals surface area contributed by atoms with Crippen LogP contribution in [0.1, 0.15) is 206 Å². The molecule has 0 aromatic carbocycles. The zero-order valence-corrected chi connectivity index (χ0v) is 39.8. The molecular formula is C51H90NO8P. The van der Waals surface area contributed by atoms with Crippen molar-refractivity contribution in [2.75, 3.05) is 26.4 Å². The number of rotatable bonds is 45. The molecule has 0 saturated heterocycles. The van der Waals surface area contributed by atoms with E-state index in [1.165, 1.54) is 96.3 Å². The number of allylic oxidation sites excluding steroid dienone is 12. The molecule has 0 amide bonds. The molecule has 10 heteroatoms. The first-order chi connectivity index (χ1) is 29.8. The van der Waals surface area contributed by atoms with E-state index in [4.69, 9.17) is 24.3 Å². The second-order valence-electron chi connectivity index (χ2n) is 15.9. The van der Waals surface area contributed by atoms with Crippen LogP contribution in [0.5, 0.6) is 0 Å². The van der Waals surface area contributed by atoms with Gasteiger partial charge < -0.3 is 20.1 Å². The summed E-state index contributed by atoms with van der Waals surface area (Å²) in [5.74, 6) is -0.860. The van der Waals surface area contributed by atoms with Crippen LogP contribution in [0.2, 0.25) is 0 Å². The van der Waals surface area contributed by atoms with Crippen molar-refractivity contribution in [3.63, 3.8) is 0 Å². The molecule has 0 aliphatic rings. The van der Waals surface area contributed by atoms with E-state index in [1.807, 2.05) is 0 Å². The van der Waals surface area contributed by atoms with E-state index in [0.717, 1.165) is 77.0 Å². The van der Waals surface area contributed by atoms with Crippen LogP contribution in [0.15, 0.2) is 72.9 Å². The maximum absolute atomic E-state index is 12.6. The van der Waals surface area contributed by atoms with E-state index in [9.17, 15) is 19.0 Å². The van der Waals surface area contributed by atoms with Gasteiger partial charge in [-0.3, -0.25) is 18.6 Å². The molecule has 0 rings (SSSR count). The summed E-state index contributed by atoms with van der Waals surface area (Å²) in [5.41, 5.74) is 5.36. The number of unbranched alkanes of at least 4 members (excludes halogenated alkanes) is 20. The van der Waals surface area contributed by atoms with Gasteiger partial charge in [0.2, 0.25) is 0 Å². The molecule has 0 aliphatic carbocycles. The zero-order valence-electron chi connectivity index (χ0n) is 38.9. The first-order valence-corrected chi connectivity index (χ1v) is 25.9. The number of hydrogen-bond acceptors (Lipinski definition) is 8. The van der Waals surface area contributed by atoms with Crippen LogP contribution in [0.3, 0.4) is 0 Å². The average molecular weight is 876 g/mol. The molecule has 0 spiro atoms. The Balaban J connectivity index is 4.10. The maximum atomic E-state index is 12.6. The Bertz CT molecular complexity index is 1230. The van der Waals surface area contributed by atoms with Crippen LogP contribution in [0, 0.1) is 0 Å². The van der Waals surface area contributed by atoms with E-state index >= 15 is 0 Å². The summed E-state index contributed by atoms with van der Waals surface area (Å²) in [7, 11) is -4.39. The standard InChI is InChI=1S/C51H90NO8P/c1-3-5-7-9-11-13-15-17-19-21-22-23-24-25-26-28-29-31-33-35-37-39-41-43-50(53)57-47-49(48-59-61(55,56)58-46-45-52)60-51(54)44-42-40-38-36-34-32-30-27-20-18-16-14-12-10-8-6-4-2/h6,8,12,14-15,17-18,20-22,30,32,49H,3-5,7,9-11,13,16,19,23-29,31,33-48,52H2,1-2H3,(H,55,56)/b8-6-,14-12-,17-15-,20-18-,22-21-,32-30-. The van der Waals surface area contributed by atoms with Crippen LogP contribution in [0.4, 0.5) is 0 Å². The minimum Gasteiger partial charge on any atom is -0.462 e. The van der Waals surface area contributed by atoms with E-state index in [-0.39, 0.29) is 32.6 Å². The fraction of sp³-hybridized carbons (Fsp3) is 0.725. The molecule has 0 fully saturated rings. The van der Waals surface area contributed by atoms with Gasteiger partial charge in [0.1, 0.15) is 6.61 Å². The Kier molecular flexibility index (Phi) is 45.0. The number of carbonyl (C=O) groups is 2. The zero-order chi connectivity index (χ0) is 44.6. The van der Waals surface area contributed by atoms with Crippen molar-refractivity contribution in [1.82, 2.24) is 0 Å². The lowest BCUT2D eigenvalue weighted by Gasteiger charge is -2.19. The summed E-state index contributed by atoms with van der Waals surface area (Å²) in [5, 5.41) is 0. The summed E-state index contributed by atoms with van der Waals surface area (Å²) < 4.78 is 32.9. The van der Waals surface area contributed by atoms with Gasteiger partial charge in [-0.05, 0) is 83.5 Å². The Morgan fingerprint density at radius 2 is 0.902 bits per heavy atom. The van der Waals surface area contributed by atoms with Gasteiger partial charge in [-0.15, -0.1) is 0 Å². The molecule has 9 nitrogen and oxygen atoms in total. The van der Waals surface area contributed by atoms with Gasteiger partial charge in [0.05, 0.1) is 13.2 Å². The van der Waals surface area contributed by atoms with Crippen molar-refractivity contribution in [1.29, 1.82) is 0 Å². The number of hydrogen-bond donors (Lipinski definition) is 2. The van der Waals surface area contributed by atoms with Crippen LogP contribution >= 0.6 is 7.82 Å². The summed E-state index contributed by atoms with van der Waals surface area (Å²) in [6.45, 7) is 3.58. The van der Waals surface area contributed by atoms with Gasteiger partial charge >= 0.3 is 19.8 Å². The topological polar surface area (TPSA) is 134 Å². The first-order valence-electron chi connectivity index (χ1n) is 24.4. The van der Waals surface area contributed by atoms with Gasteiger partial charge in [0.15, 0.2) is 6.10 Å². The third-order valence-electron chi connectivity index (χ3n) is 10.1. The van der Waals surface area contributed by atoms with Crippen LogP contribution in [-0.4, -0.2) is 49.3 Å². The van der Waals surface area contributed by atoms with Crippen molar-refractivity contribution in [2.45, 2.75) is 213 Å². The van der Waals surface area contributed by atoms with Gasteiger partial charge in [-0.1, -0.05) is 183 Å². The molecule has 0 saturated carbocycles. The highest BCUT2D eigenvalue weighted by Gasteiger charge is 2.26. The molecule has 0 bridgehead atoms. The van der Waals surface area contributed by atoms with E-state index < -0.39 is 32.5 Å². The molecule has 352 valence electrons. The number of carbonyl (C=O) groups excluding carboxylic acids is 2. The molecule has 2 atom stereocenters. The lowest BCUT2D eigenvalue weighted by molar-refractivity contribution is -0.161. The van der Waals surface area contributed by atoms with Crippen molar-refractivity contribution >= 4 is 19.8 Å². The van der Waals surface area contributed by atoms with Gasteiger partial charge in [0.25, 0.3) is 0 Å². The van der Waals surface area contributed by atoms with Gasteiger partial charge in [-0.2, -0.15) is 0 Å². The minimum absolute atomic E-state index is 0.0456. The van der Waals surface area contributed by atoms with Crippen molar-refractivity contribution in [3.8, 4) is 0 Å². The fourth-order valence-electron chi connectivity index (χ4n) is 6.48. The quantitative estimate of drug-likeness (QED) is 0.0265. The smallest absolute Gasteiger partial charge is 0.462 e. The summed E-state index contributed by atoms with van der Waals surface area (Å²) in [4.78, 5) is 35.0. The van der Waals surface area contributed by atoms with Crippen molar-refractivity contribution in [2.24, 2.45) is 5.73 Å². The number of nitrogens with two attached hydrogens (primary N) is 1. The van der Waals surface area contributed by atoms with Crippen LogP contribution in [0.25, 0.3) is 0 Å². The number of ether oxygens (including phenoxy) is 2. The number of phosphoric ester groups is 1. The predicted molar refractivity (Wildman–Crippen MR) is 256 cm³/mol. The maximum Gasteiger partial charge on any atom is 0.472 e. The first kappa shape index (κ1) is 58.5. The largest absolute Gasteiger partial charge is 0.472 e. The Hall–Kier alpha value is -2.55. The molecule has 0 radical (unpaired) electrons. The van der Waals surface area contributed by atoms with Crippen molar-refractivity contribution in [3.05, 3.63) is 72.9 Å². The normalized spacial score (nSPS) is 13.8. The third kappa shape index (κ3) is 46.8. The Labute approximate surface area is 373 Å². The highest BCUT2D eigenvalue weighted by Crippen LogP contribution is 2.43. The summed E-state index contributed by atoms with van der Waals surface area (Å²) in [6.07, 6.45) is 57.9.